The fraction of sp³-hybridized carbons (Fsp3) is 0.111. The Morgan fingerprint density at radius 1 is 0.172 bits per heavy atom. The molecule has 4 heterocycles. The number of rotatable bonds is 10. The Bertz CT molecular complexity index is 7130. The van der Waals surface area contributed by atoms with Gasteiger partial charge in [0.25, 0.3) is 0 Å². The second-order valence-corrected chi connectivity index (χ2v) is 34.2. The minimum absolute atomic E-state index is 0.215. The van der Waals surface area contributed by atoms with E-state index in [1.807, 2.05) is 6.07 Å². The first-order valence-corrected chi connectivity index (χ1v) is 40.4. The number of hydrogen-bond donors (Lipinski definition) is 0. The first-order valence-electron chi connectivity index (χ1n) is 40.4. The molecule has 8 heteroatoms. The topological polar surface area (TPSA) is 87.2 Å². The molecule has 0 amide bonds. The Balaban J connectivity index is 0.570. The molecule has 116 heavy (non-hydrogen) atoms. The highest BCUT2D eigenvalue weighted by atomic mass is 15.2. The van der Waals surface area contributed by atoms with Crippen molar-refractivity contribution in [3.05, 3.63) is 372 Å². The summed E-state index contributed by atoms with van der Waals surface area (Å²) in [6.07, 6.45) is 0. The highest BCUT2D eigenvalue weighted by molar-refractivity contribution is 6.15. The molecule has 4 aliphatic rings. The first-order chi connectivity index (χ1) is 56.5. The molecule has 4 aromatic heterocycles. The second-order valence-electron chi connectivity index (χ2n) is 34.2. The summed E-state index contributed by atoms with van der Waals surface area (Å²) in [5, 5.41) is 4.69. The van der Waals surface area contributed by atoms with Gasteiger partial charge in [0.05, 0.1) is 22.1 Å². The lowest BCUT2D eigenvalue weighted by Gasteiger charge is -2.22. The quantitative estimate of drug-likeness (QED) is 0.136. The van der Waals surface area contributed by atoms with Crippen LogP contribution in [0.4, 0.5) is 0 Å². The van der Waals surface area contributed by atoms with E-state index in [0.29, 0.717) is 35.2 Å². The molecule has 0 aliphatic heterocycles. The third-order valence-corrected chi connectivity index (χ3v) is 26.3. The molecule has 0 fully saturated rings. The number of nitrogens with zero attached hydrogens (tertiary/aromatic N) is 8. The van der Waals surface area contributed by atoms with E-state index in [1.54, 1.807) is 0 Å². The third kappa shape index (κ3) is 10.0. The molecule has 0 saturated carbocycles. The van der Waals surface area contributed by atoms with Crippen LogP contribution in [0.1, 0.15) is 99.9 Å². The molecular weight excluding hydrogens is 1410 g/mol. The third-order valence-electron chi connectivity index (χ3n) is 26.3. The standard InChI is InChI=1S/C108H78N8/c1-105(2)87-31-19-15-27-75(87)79-55-83-84-56-80-76-28-16-20-32-88(76)106(3,4)92(80)60-96(84)115(95(83)59-91(79)105)103-111-99(71-25-13-10-14-26-71)109-100(112-103)73-51-45-69(46-52-73)67-39-35-65(36-40-67)66-37-41-68(42-38-66)70-47-53-74(54-48-70)102-110-101(72-49-43-64(44-50-72)63-23-11-9-12-24-63)113-104(114-102)116-97-61-93-81(77-29-17-21-33-89(77)107(93,5)6)57-85(97)86-58-82-78-30-18-22-34-90(78)108(7,8)94(82)62-98(86)116/h9-62H,1-8H3. The Morgan fingerprint density at radius 2 is 0.362 bits per heavy atom. The smallest absolute Gasteiger partial charge is 0.238 e. The summed E-state index contributed by atoms with van der Waals surface area (Å²) in [5.41, 5.74) is 36.8. The second kappa shape index (κ2) is 24.7. The maximum absolute atomic E-state index is 5.57. The Hall–Kier alpha value is -14.1. The van der Waals surface area contributed by atoms with Gasteiger partial charge in [-0.05, 0) is 182 Å². The summed E-state index contributed by atoms with van der Waals surface area (Å²) < 4.78 is 4.64. The summed E-state index contributed by atoms with van der Waals surface area (Å²) in [4.78, 5) is 32.7. The van der Waals surface area contributed by atoms with Crippen LogP contribution in [0.2, 0.25) is 0 Å². The van der Waals surface area contributed by atoms with E-state index < -0.39 is 0 Å². The van der Waals surface area contributed by atoms with E-state index in [4.69, 9.17) is 29.9 Å². The van der Waals surface area contributed by atoms with Gasteiger partial charge >= 0.3 is 0 Å². The molecule has 0 unspecified atom stereocenters. The fourth-order valence-electron chi connectivity index (χ4n) is 20.0. The molecule has 0 atom stereocenters. The minimum Gasteiger partial charge on any atom is -0.278 e. The lowest BCUT2D eigenvalue weighted by molar-refractivity contribution is 0.660. The summed E-state index contributed by atoms with van der Waals surface area (Å²) in [6.45, 7) is 18.8. The van der Waals surface area contributed by atoms with Crippen molar-refractivity contribution in [1.82, 2.24) is 39.0 Å². The largest absolute Gasteiger partial charge is 0.278 e. The molecule has 0 saturated heterocycles. The van der Waals surface area contributed by atoms with E-state index in [9.17, 15) is 0 Å². The van der Waals surface area contributed by atoms with Crippen LogP contribution in [0, 0.1) is 0 Å². The molecule has 0 bridgehead atoms. The fourth-order valence-corrected chi connectivity index (χ4v) is 20.0. The predicted octanol–water partition coefficient (Wildman–Crippen LogP) is 26.8. The summed E-state index contributed by atoms with van der Waals surface area (Å²) >= 11 is 0. The van der Waals surface area contributed by atoms with Gasteiger partial charge in [-0.3, -0.25) is 9.13 Å². The molecule has 8 nitrogen and oxygen atoms in total. The molecule has 23 rings (SSSR count). The average molecular weight is 1490 g/mol. The van der Waals surface area contributed by atoms with Gasteiger partial charge in [0, 0.05) is 65.5 Å². The van der Waals surface area contributed by atoms with Crippen LogP contribution in [-0.2, 0) is 21.7 Å². The molecule has 0 N–H and O–H groups in total. The average Bonchev–Trinajstić information content (AvgIpc) is 1.54. The molecule has 550 valence electrons. The maximum atomic E-state index is 5.57. The van der Waals surface area contributed by atoms with Crippen LogP contribution in [0.5, 0.6) is 0 Å². The molecular formula is C108H78N8. The predicted molar refractivity (Wildman–Crippen MR) is 476 cm³/mol. The summed E-state index contributed by atoms with van der Waals surface area (Å²) in [7, 11) is 0. The Labute approximate surface area is 673 Å². The van der Waals surface area contributed by atoms with Gasteiger partial charge in [0.2, 0.25) is 11.9 Å². The maximum Gasteiger partial charge on any atom is 0.238 e. The molecule has 4 aliphatic carbocycles. The van der Waals surface area contributed by atoms with Gasteiger partial charge in [0.1, 0.15) is 0 Å². The van der Waals surface area contributed by atoms with Crippen LogP contribution >= 0.6 is 0 Å². The highest BCUT2D eigenvalue weighted by Gasteiger charge is 2.42. The lowest BCUT2D eigenvalue weighted by Crippen LogP contribution is -2.15. The number of aromatic nitrogens is 8. The van der Waals surface area contributed by atoms with E-state index in [-0.39, 0.29) is 21.7 Å². The van der Waals surface area contributed by atoms with Gasteiger partial charge in [0.15, 0.2) is 23.3 Å². The molecule has 19 aromatic rings. The van der Waals surface area contributed by atoms with Crippen molar-refractivity contribution < 1.29 is 0 Å². The van der Waals surface area contributed by atoms with Gasteiger partial charge in [-0.2, -0.15) is 19.9 Å². The van der Waals surface area contributed by atoms with Crippen molar-refractivity contribution in [2.24, 2.45) is 0 Å². The molecule has 0 spiro atoms. The van der Waals surface area contributed by atoms with E-state index >= 15 is 0 Å². The monoisotopic (exact) mass is 1490 g/mol. The van der Waals surface area contributed by atoms with Crippen molar-refractivity contribution in [2.45, 2.75) is 77.0 Å². The number of hydrogen-bond acceptors (Lipinski definition) is 6. The van der Waals surface area contributed by atoms with Gasteiger partial charge < -0.3 is 0 Å². The van der Waals surface area contributed by atoms with Crippen LogP contribution in [0.25, 0.3) is 190 Å². The van der Waals surface area contributed by atoms with Crippen LogP contribution in [-0.4, -0.2) is 39.0 Å². The Kier molecular flexibility index (Phi) is 14.4. The van der Waals surface area contributed by atoms with Crippen molar-refractivity contribution in [2.75, 3.05) is 0 Å². The SMILES string of the molecule is CC1(C)c2ccccc2-c2cc3c4cc5c(cc4n(-c4nc(-c6ccccc6)nc(-c6ccc(-c7ccc(-c8ccc(-c9ccc(-c%10nc(-c%11ccc(-c%12ccccc%12)cc%11)nc(-n%11c%12cc%13c(cc%12c%12cc%14c(cc%12%11)C(C)(C)c%11ccccc%11-%14)-c%11ccccc%11C%13(C)C)n%10)cc9)cc8)cc7)cc6)n4)c3cc21)C(C)(C)c1ccccc1-5. The van der Waals surface area contributed by atoms with Crippen LogP contribution < -0.4 is 0 Å². The zero-order chi connectivity index (χ0) is 77.8. The molecule has 0 radical (unpaired) electrons. The summed E-state index contributed by atoms with van der Waals surface area (Å²) in [6, 6.07) is 120. The molecule has 15 aromatic carbocycles. The van der Waals surface area contributed by atoms with Crippen LogP contribution in [0.15, 0.2) is 328 Å². The van der Waals surface area contributed by atoms with Gasteiger partial charge in [-0.1, -0.05) is 334 Å². The van der Waals surface area contributed by atoms with E-state index in [0.717, 1.165) is 88.8 Å². The number of benzene rings is 15. The summed E-state index contributed by atoms with van der Waals surface area (Å²) in [5.74, 6) is 3.57. The Morgan fingerprint density at radius 3 is 0.603 bits per heavy atom. The highest BCUT2D eigenvalue weighted by Crippen LogP contribution is 2.57. The van der Waals surface area contributed by atoms with Crippen molar-refractivity contribution in [3.8, 4) is 146 Å². The normalized spacial score (nSPS) is 14.5. The minimum atomic E-state index is -0.229. The van der Waals surface area contributed by atoms with Crippen molar-refractivity contribution >= 4 is 43.6 Å². The van der Waals surface area contributed by atoms with Gasteiger partial charge in [-0.25, -0.2) is 9.97 Å². The van der Waals surface area contributed by atoms with Gasteiger partial charge in [-0.15, -0.1) is 0 Å². The zero-order valence-electron chi connectivity index (χ0n) is 65.8. The number of fused-ring (bicyclic) bond motifs is 18. The van der Waals surface area contributed by atoms with Crippen molar-refractivity contribution in [1.29, 1.82) is 0 Å². The van der Waals surface area contributed by atoms with E-state index in [1.165, 1.54) is 111 Å². The lowest BCUT2D eigenvalue weighted by atomic mass is 9.82. The zero-order valence-corrected chi connectivity index (χ0v) is 65.8. The first kappa shape index (κ1) is 67.6. The van der Waals surface area contributed by atoms with E-state index in [2.05, 4.69) is 386 Å². The van der Waals surface area contributed by atoms with Crippen molar-refractivity contribution in [3.63, 3.8) is 0 Å². The van der Waals surface area contributed by atoms with Crippen LogP contribution in [0.3, 0.4) is 0 Å².